The highest BCUT2D eigenvalue weighted by atomic mass is 16.5. The predicted octanol–water partition coefficient (Wildman–Crippen LogP) is 6.19. The molecule has 0 saturated heterocycles. The first-order chi connectivity index (χ1) is 20.4. The number of rotatable bonds is 15. The summed E-state index contributed by atoms with van der Waals surface area (Å²) in [5, 5.41) is 18.2. The Hall–Kier alpha value is -4.91. The molecule has 1 amide bonds. The molecule has 4 aromatic rings. The summed E-state index contributed by atoms with van der Waals surface area (Å²) in [7, 11) is 0. The number of aliphatic carboxylic acids is 1. The lowest BCUT2D eigenvalue weighted by Gasteiger charge is -2.23. The quantitative estimate of drug-likeness (QED) is 0.178. The molecular weight excluding hydrogens is 530 g/mol. The van der Waals surface area contributed by atoms with E-state index in [1.165, 1.54) is 23.3 Å². The van der Waals surface area contributed by atoms with Crippen molar-refractivity contribution >= 4 is 17.8 Å². The van der Waals surface area contributed by atoms with Gasteiger partial charge < -0.3 is 19.8 Å². The average Bonchev–Trinajstić information content (AvgIpc) is 3.01. The molecular formula is C35H35NO6. The number of aryl methyl sites for hydroxylation is 2. The molecule has 0 fully saturated rings. The van der Waals surface area contributed by atoms with Crippen LogP contribution in [-0.2, 0) is 42.0 Å². The van der Waals surface area contributed by atoms with Crippen molar-refractivity contribution in [3.63, 3.8) is 0 Å². The number of nitrogens with zero attached hydrogens (tertiary/aromatic N) is 1. The number of amides is 1. The minimum absolute atomic E-state index is 0.109. The molecule has 0 atom stereocenters. The zero-order valence-corrected chi connectivity index (χ0v) is 23.4. The van der Waals surface area contributed by atoms with E-state index in [4.69, 9.17) is 14.9 Å². The van der Waals surface area contributed by atoms with Crippen LogP contribution < -0.4 is 4.74 Å². The number of carbonyl (C=O) groups excluding carboxylic acids is 1. The van der Waals surface area contributed by atoms with Crippen molar-refractivity contribution in [2.75, 3.05) is 6.54 Å². The molecule has 0 aliphatic rings. The summed E-state index contributed by atoms with van der Waals surface area (Å²) < 4.78 is 6.18. The fourth-order valence-corrected chi connectivity index (χ4v) is 4.64. The topological polar surface area (TPSA) is 104 Å². The van der Waals surface area contributed by atoms with Gasteiger partial charge in [-0.1, -0.05) is 84.9 Å². The number of hydrogen-bond donors (Lipinski definition) is 2. The fourth-order valence-electron chi connectivity index (χ4n) is 4.64. The zero-order chi connectivity index (χ0) is 29.7. The highest BCUT2D eigenvalue weighted by Gasteiger charge is 2.17. The molecule has 7 heteroatoms. The molecule has 0 aliphatic heterocycles. The lowest BCUT2D eigenvalue weighted by molar-refractivity contribution is -0.141. The number of ether oxygens (including phenoxy) is 1. The summed E-state index contributed by atoms with van der Waals surface area (Å²) in [6, 6.07) is 32.9. The van der Waals surface area contributed by atoms with Gasteiger partial charge in [0.25, 0.3) is 0 Å². The second-order valence-corrected chi connectivity index (χ2v) is 10.2. The second-order valence-electron chi connectivity index (χ2n) is 10.2. The zero-order valence-electron chi connectivity index (χ0n) is 23.4. The van der Waals surface area contributed by atoms with Crippen molar-refractivity contribution in [1.29, 1.82) is 0 Å². The number of benzene rings is 4. The maximum atomic E-state index is 12.9. The van der Waals surface area contributed by atoms with Crippen LogP contribution in [0.5, 0.6) is 5.75 Å². The number of aromatic carboxylic acids is 1. The molecule has 0 bridgehead atoms. The number of carbonyl (C=O) groups is 3. The van der Waals surface area contributed by atoms with E-state index in [0.29, 0.717) is 19.6 Å². The number of hydrogen-bond acceptors (Lipinski definition) is 4. The minimum Gasteiger partial charge on any atom is -0.489 e. The van der Waals surface area contributed by atoms with E-state index < -0.39 is 11.9 Å². The first kappa shape index (κ1) is 30.1. The maximum absolute atomic E-state index is 12.9. The molecule has 4 rings (SSSR count). The summed E-state index contributed by atoms with van der Waals surface area (Å²) in [6.45, 7) is 1.01. The van der Waals surface area contributed by atoms with Crippen molar-refractivity contribution in [3.8, 4) is 5.75 Å². The Morgan fingerprint density at radius 3 is 1.88 bits per heavy atom. The predicted molar refractivity (Wildman–Crippen MR) is 160 cm³/mol. The van der Waals surface area contributed by atoms with Gasteiger partial charge in [-0.25, -0.2) is 4.79 Å². The largest absolute Gasteiger partial charge is 0.489 e. The van der Waals surface area contributed by atoms with Crippen LogP contribution in [0.15, 0.2) is 103 Å². The van der Waals surface area contributed by atoms with Gasteiger partial charge in [-0.3, -0.25) is 9.59 Å². The summed E-state index contributed by atoms with van der Waals surface area (Å²) in [5.41, 5.74) is 5.52. The molecule has 216 valence electrons. The van der Waals surface area contributed by atoms with Gasteiger partial charge in [-0.15, -0.1) is 0 Å². The Balaban J connectivity index is 1.36. The summed E-state index contributed by atoms with van der Waals surface area (Å²) in [5.74, 6) is -1.59. The van der Waals surface area contributed by atoms with Crippen molar-refractivity contribution in [2.45, 2.75) is 45.3 Å². The SMILES string of the molecule is O=C(O)CCC(=O)N(CCc1ccccc1OCc1ccc(CCc2ccccc2)cc1)Cc1ccc(C(=O)O)cc1. The van der Waals surface area contributed by atoms with Crippen molar-refractivity contribution < 1.29 is 29.3 Å². The lowest BCUT2D eigenvalue weighted by atomic mass is 10.0. The van der Waals surface area contributed by atoms with Gasteiger partial charge in [-0.2, -0.15) is 0 Å². The highest BCUT2D eigenvalue weighted by Crippen LogP contribution is 2.22. The third-order valence-corrected chi connectivity index (χ3v) is 7.07. The monoisotopic (exact) mass is 565 g/mol. The van der Waals surface area contributed by atoms with Crippen LogP contribution >= 0.6 is 0 Å². The van der Waals surface area contributed by atoms with Crippen LogP contribution in [-0.4, -0.2) is 39.5 Å². The van der Waals surface area contributed by atoms with Crippen LogP contribution in [0.4, 0.5) is 0 Å². The average molecular weight is 566 g/mol. The van der Waals surface area contributed by atoms with E-state index >= 15 is 0 Å². The van der Waals surface area contributed by atoms with Crippen LogP contribution in [0, 0.1) is 0 Å². The molecule has 42 heavy (non-hydrogen) atoms. The number of carboxylic acids is 2. The number of carboxylic acid groups (broad SMARTS) is 2. The van der Waals surface area contributed by atoms with Gasteiger partial charge in [0.1, 0.15) is 12.4 Å². The van der Waals surface area contributed by atoms with E-state index in [9.17, 15) is 14.4 Å². The van der Waals surface area contributed by atoms with Crippen molar-refractivity contribution in [2.24, 2.45) is 0 Å². The van der Waals surface area contributed by atoms with Crippen molar-refractivity contribution in [1.82, 2.24) is 4.90 Å². The summed E-state index contributed by atoms with van der Waals surface area (Å²) in [4.78, 5) is 36.8. The van der Waals surface area contributed by atoms with Gasteiger partial charge in [0.15, 0.2) is 0 Å². The van der Waals surface area contributed by atoms with E-state index in [0.717, 1.165) is 35.3 Å². The molecule has 0 unspecified atom stereocenters. The molecule has 7 nitrogen and oxygen atoms in total. The third kappa shape index (κ3) is 9.34. The molecule has 0 saturated carbocycles. The van der Waals surface area contributed by atoms with E-state index in [1.54, 1.807) is 17.0 Å². The lowest BCUT2D eigenvalue weighted by Crippen LogP contribution is -2.32. The molecule has 0 aromatic heterocycles. The fraction of sp³-hybridized carbons (Fsp3) is 0.229. The van der Waals surface area contributed by atoms with Crippen LogP contribution in [0.1, 0.15) is 51.0 Å². The molecule has 0 radical (unpaired) electrons. The van der Waals surface area contributed by atoms with Crippen LogP contribution in [0.25, 0.3) is 0 Å². The van der Waals surface area contributed by atoms with E-state index in [2.05, 4.69) is 48.5 Å². The molecule has 2 N–H and O–H groups in total. The first-order valence-corrected chi connectivity index (χ1v) is 14.0. The van der Waals surface area contributed by atoms with Gasteiger partial charge in [0, 0.05) is 19.5 Å². The first-order valence-electron chi connectivity index (χ1n) is 14.0. The summed E-state index contributed by atoms with van der Waals surface area (Å²) in [6.07, 6.45) is 2.12. The maximum Gasteiger partial charge on any atom is 0.335 e. The minimum atomic E-state index is -1.03. The van der Waals surface area contributed by atoms with E-state index in [-0.39, 0.29) is 30.9 Å². The molecule has 0 heterocycles. The second kappa shape index (κ2) is 15.2. The molecule has 0 spiro atoms. The highest BCUT2D eigenvalue weighted by molar-refractivity contribution is 5.87. The Labute approximate surface area is 246 Å². The van der Waals surface area contributed by atoms with Crippen LogP contribution in [0.3, 0.4) is 0 Å². The van der Waals surface area contributed by atoms with Gasteiger partial charge in [0.05, 0.1) is 12.0 Å². The normalized spacial score (nSPS) is 10.7. The number of para-hydroxylation sites is 1. The van der Waals surface area contributed by atoms with Gasteiger partial charge >= 0.3 is 11.9 Å². The van der Waals surface area contributed by atoms with Crippen LogP contribution in [0.2, 0.25) is 0 Å². The molecule has 4 aromatic carbocycles. The standard InChI is InChI=1S/C35H35NO6/c37-33(20-21-34(38)39)36(24-28-16-18-31(19-17-28)35(40)41)23-22-30-8-4-5-9-32(30)42-25-29-14-12-27(13-15-29)11-10-26-6-2-1-3-7-26/h1-9,12-19H,10-11,20-25H2,(H,38,39)(H,40,41). The summed E-state index contributed by atoms with van der Waals surface area (Å²) >= 11 is 0. The van der Waals surface area contributed by atoms with Gasteiger partial charge in [0.2, 0.25) is 5.91 Å². The Bertz CT molecular complexity index is 1470. The Kier molecular flexibility index (Phi) is 10.9. The van der Waals surface area contributed by atoms with E-state index in [1.807, 2.05) is 30.3 Å². The van der Waals surface area contributed by atoms with Crippen molar-refractivity contribution in [3.05, 3.63) is 137 Å². The third-order valence-electron chi connectivity index (χ3n) is 7.07. The van der Waals surface area contributed by atoms with Gasteiger partial charge in [-0.05, 0) is 65.3 Å². The Morgan fingerprint density at radius 1 is 0.619 bits per heavy atom. The molecule has 0 aliphatic carbocycles. The smallest absolute Gasteiger partial charge is 0.335 e. The Morgan fingerprint density at radius 2 is 1.21 bits per heavy atom.